The van der Waals surface area contributed by atoms with Gasteiger partial charge in [0.05, 0.1) is 6.61 Å². The van der Waals surface area contributed by atoms with Crippen LogP contribution in [0.25, 0.3) is 0 Å². The minimum Gasteiger partial charge on any atom is -0.384 e. The lowest BCUT2D eigenvalue weighted by atomic mass is 10.1. The van der Waals surface area contributed by atoms with Gasteiger partial charge in [0.25, 0.3) is 0 Å². The molecule has 0 amide bonds. The van der Waals surface area contributed by atoms with Gasteiger partial charge in [-0.25, -0.2) is 0 Å². The van der Waals surface area contributed by atoms with E-state index < -0.39 is 0 Å². The molecule has 1 aliphatic rings. The highest BCUT2D eigenvalue weighted by Gasteiger charge is 2.15. The highest BCUT2D eigenvalue weighted by atomic mass is 32.2. The fourth-order valence-corrected chi connectivity index (χ4v) is 2.67. The van der Waals surface area contributed by atoms with Crippen LogP contribution < -0.4 is 5.32 Å². The number of para-hydroxylation sites is 1. The van der Waals surface area contributed by atoms with Crippen LogP contribution in [0, 0.1) is 5.92 Å². The molecule has 1 fully saturated rings. The standard InChI is InChI=1S/C13H19NOS/c1-2-16-13-6-4-3-5-12(13)14-9-11-7-8-15-10-11/h3-6,11,14H,2,7-10H2,1H3. The summed E-state index contributed by atoms with van der Waals surface area (Å²) in [6, 6.07) is 8.53. The van der Waals surface area contributed by atoms with Crippen LogP contribution in [-0.2, 0) is 4.74 Å². The van der Waals surface area contributed by atoms with E-state index in [0.29, 0.717) is 5.92 Å². The zero-order chi connectivity index (χ0) is 11.2. The molecule has 0 aliphatic carbocycles. The molecule has 1 atom stereocenters. The van der Waals surface area contributed by atoms with Crippen molar-refractivity contribution >= 4 is 17.4 Å². The number of anilines is 1. The Morgan fingerprint density at radius 2 is 2.31 bits per heavy atom. The lowest BCUT2D eigenvalue weighted by Gasteiger charge is -2.13. The smallest absolute Gasteiger partial charge is 0.0511 e. The van der Waals surface area contributed by atoms with Crippen molar-refractivity contribution in [1.82, 2.24) is 0 Å². The number of rotatable bonds is 5. The Kier molecular flexibility index (Phi) is 4.55. The lowest BCUT2D eigenvalue weighted by molar-refractivity contribution is 0.187. The van der Waals surface area contributed by atoms with E-state index in [1.54, 1.807) is 0 Å². The largest absolute Gasteiger partial charge is 0.384 e. The van der Waals surface area contributed by atoms with E-state index in [2.05, 4.69) is 36.5 Å². The molecule has 3 heteroatoms. The van der Waals surface area contributed by atoms with Gasteiger partial charge in [-0.15, -0.1) is 11.8 Å². The second-order valence-electron chi connectivity index (χ2n) is 4.04. The first kappa shape index (κ1) is 11.8. The summed E-state index contributed by atoms with van der Waals surface area (Å²) in [6.07, 6.45) is 1.19. The van der Waals surface area contributed by atoms with E-state index >= 15 is 0 Å². The van der Waals surface area contributed by atoms with E-state index in [-0.39, 0.29) is 0 Å². The molecule has 1 N–H and O–H groups in total. The second kappa shape index (κ2) is 6.16. The Hall–Kier alpha value is -0.670. The summed E-state index contributed by atoms with van der Waals surface area (Å²) in [5.41, 5.74) is 1.27. The van der Waals surface area contributed by atoms with Crippen molar-refractivity contribution in [3.63, 3.8) is 0 Å². The van der Waals surface area contributed by atoms with Crippen molar-refractivity contribution in [2.45, 2.75) is 18.2 Å². The van der Waals surface area contributed by atoms with Crippen LogP contribution in [0.3, 0.4) is 0 Å². The van der Waals surface area contributed by atoms with Gasteiger partial charge >= 0.3 is 0 Å². The third kappa shape index (κ3) is 3.16. The Morgan fingerprint density at radius 1 is 1.44 bits per heavy atom. The third-order valence-corrected chi connectivity index (χ3v) is 3.75. The van der Waals surface area contributed by atoms with Crippen molar-refractivity contribution in [2.75, 3.05) is 30.8 Å². The summed E-state index contributed by atoms with van der Waals surface area (Å²) in [6.45, 7) is 5.06. The first-order valence-electron chi connectivity index (χ1n) is 5.93. The molecule has 0 spiro atoms. The van der Waals surface area contributed by atoms with Gasteiger partial charge < -0.3 is 10.1 Å². The average Bonchev–Trinajstić information content (AvgIpc) is 2.81. The SMILES string of the molecule is CCSc1ccccc1NCC1CCOC1. The molecule has 1 heterocycles. The van der Waals surface area contributed by atoms with Crippen LogP contribution in [0.15, 0.2) is 29.2 Å². The monoisotopic (exact) mass is 237 g/mol. The molecule has 0 saturated carbocycles. The van der Waals surface area contributed by atoms with Gasteiger partial charge in [0.1, 0.15) is 0 Å². The van der Waals surface area contributed by atoms with Crippen LogP contribution in [0.2, 0.25) is 0 Å². The van der Waals surface area contributed by atoms with E-state index in [0.717, 1.165) is 25.5 Å². The predicted octanol–water partition coefficient (Wildman–Crippen LogP) is 3.25. The molecule has 0 bridgehead atoms. The van der Waals surface area contributed by atoms with Crippen LogP contribution in [0.5, 0.6) is 0 Å². The highest BCUT2D eigenvalue weighted by molar-refractivity contribution is 7.99. The Bertz CT molecular complexity index is 323. The Labute approximate surface area is 102 Å². The summed E-state index contributed by atoms with van der Waals surface area (Å²) in [5, 5.41) is 3.54. The van der Waals surface area contributed by atoms with E-state index in [1.165, 1.54) is 17.0 Å². The molecule has 0 radical (unpaired) electrons. The van der Waals surface area contributed by atoms with Crippen molar-refractivity contribution in [3.05, 3.63) is 24.3 Å². The van der Waals surface area contributed by atoms with Crippen LogP contribution in [0.1, 0.15) is 13.3 Å². The molecule has 1 saturated heterocycles. The van der Waals surface area contributed by atoms with E-state index in [4.69, 9.17) is 4.74 Å². The van der Waals surface area contributed by atoms with Crippen LogP contribution >= 0.6 is 11.8 Å². The number of hydrogen-bond acceptors (Lipinski definition) is 3. The topological polar surface area (TPSA) is 21.3 Å². The summed E-state index contributed by atoms with van der Waals surface area (Å²) in [7, 11) is 0. The minimum atomic E-state index is 0.680. The van der Waals surface area contributed by atoms with Crippen LogP contribution in [-0.4, -0.2) is 25.5 Å². The first-order chi connectivity index (χ1) is 7.90. The number of benzene rings is 1. The summed E-state index contributed by atoms with van der Waals surface area (Å²) in [5.74, 6) is 1.80. The predicted molar refractivity (Wildman–Crippen MR) is 70.3 cm³/mol. The van der Waals surface area contributed by atoms with Gasteiger partial charge in [0.2, 0.25) is 0 Å². The number of ether oxygens (including phenoxy) is 1. The highest BCUT2D eigenvalue weighted by Crippen LogP contribution is 2.27. The summed E-state index contributed by atoms with van der Waals surface area (Å²) in [4.78, 5) is 1.35. The molecule has 88 valence electrons. The first-order valence-corrected chi connectivity index (χ1v) is 6.92. The number of thioether (sulfide) groups is 1. The van der Waals surface area contributed by atoms with Crippen molar-refractivity contribution in [2.24, 2.45) is 5.92 Å². The summed E-state index contributed by atoms with van der Waals surface area (Å²) >= 11 is 1.89. The lowest BCUT2D eigenvalue weighted by Crippen LogP contribution is -2.14. The zero-order valence-corrected chi connectivity index (χ0v) is 10.6. The zero-order valence-electron chi connectivity index (χ0n) is 9.74. The summed E-state index contributed by atoms with van der Waals surface area (Å²) < 4.78 is 5.38. The molecule has 2 nitrogen and oxygen atoms in total. The minimum absolute atomic E-state index is 0.680. The molecule has 2 rings (SSSR count). The van der Waals surface area contributed by atoms with E-state index in [1.807, 2.05) is 11.8 Å². The van der Waals surface area contributed by atoms with Crippen molar-refractivity contribution in [1.29, 1.82) is 0 Å². The van der Waals surface area contributed by atoms with Gasteiger partial charge in [-0.2, -0.15) is 0 Å². The number of nitrogens with one attached hydrogen (secondary N) is 1. The van der Waals surface area contributed by atoms with Gasteiger partial charge in [0, 0.05) is 29.7 Å². The van der Waals surface area contributed by atoms with Gasteiger partial charge in [-0.3, -0.25) is 0 Å². The molecule has 1 aromatic carbocycles. The molecular weight excluding hydrogens is 218 g/mol. The fourth-order valence-electron chi connectivity index (χ4n) is 1.89. The van der Waals surface area contributed by atoms with Crippen molar-refractivity contribution in [3.8, 4) is 0 Å². The van der Waals surface area contributed by atoms with Crippen molar-refractivity contribution < 1.29 is 4.74 Å². The van der Waals surface area contributed by atoms with Gasteiger partial charge in [-0.05, 0) is 24.3 Å². The third-order valence-electron chi connectivity index (χ3n) is 2.79. The maximum absolute atomic E-state index is 5.38. The van der Waals surface area contributed by atoms with Crippen LogP contribution in [0.4, 0.5) is 5.69 Å². The maximum atomic E-state index is 5.38. The fraction of sp³-hybridized carbons (Fsp3) is 0.538. The van der Waals surface area contributed by atoms with Gasteiger partial charge in [-0.1, -0.05) is 19.1 Å². The second-order valence-corrected chi connectivity index (χ2v) is 5.35. The quantitative estimate of drug-likeness (QED) is 0.794. The average molecular weight is 237 g/mol. The Balaban J connectivity index is 1.91. The maximum Gasteiger partial charge on any atom is 0.0511 e. The molecular formula is C13H19NOS. The normalized spacial score (nSPS) is 19.9. The molecule has 1 aliphatic heterocycles. The molecule has 0 aromatic heterocycles. The van der Waals surface area contributed by atoms with E-state index in [9.17, 15) is 0 Å². The number of hydrogen-bond donors (Lipinski definition) is 1. The van der Waals surface area contributed by atoms with Gasteiger partial charge in [0.15, 0.2) is 0 Å². The Morgan fingerprint density at radius 3 is 3.06 bits per heavy atom. The molecule has 1 aromatic rings. The molecule has 16 heavy (non-hydrogen) atoms. The molecule has 1 unspecified atom stereocenters.